The van der Waals surface area contributed by atoms with Gasteiger partial charge in [0.25, 0.3) is 0 Å². The molecule has 0 spiro atoms. The maximum absolute atomic E-state index is 12.6. The highest BCUT2D eigenvalue weighted by Gasteiger charge is 2.48. The van der Waals surface area contributed by atoms with E-state index in [0.29, 0.717) is 10.4 Å². The van der Waals surface area contributed by atoms with Crippen LogP contribution in [0.1, 0.15) is 23.4 Å². The molecule has 9 heteroatoms. The summed E-state index contributed by atoms with van der Waals surface area (Å²) in [5, 5.41) is 9.39. The molecule has 0 aromatic carbocycles. The van der Waals surface area contributed by atoms with Crippen molar-refractivity contribution >= 4 is 29.5 Å². The second-order valence-electron chi connectivity index (χ2n) is 5.02. The maximum Gasteiger partial charge on any atom is 0.416 e. The molecule has 0 saturated carbocycles. The van der Waals surface area contributed by atoms with Gasteiger partial charge in [-0.2, -0.15) is 13.2 Å². The van der Waals surface area contributed by atoms with Crippen LogP contribution in [-0.4, -0.2) is 45.8 Å². The molecular weight excluding hydrogens is 325 g/mol. The Labute approximate surface area is 128 Å². The van der Waals surface area contributed by atoms with Crippen molar-refractivity contribution in [3.63, 3.8) is 0 Å². The van der Waals surface area contributed by atoms with E-state index in [9.17, 15) is 23.1 Å². The zero-order valence-corrected chi connectivity index (χ0v) is 12.9. The number of nitrogens with zero attached hydrogens (tertiary/aromatic N) is 1. The first kappa shape index (κ1) is 16.4. The van der Waals surface area contributed by atoms with Crippen LogP contribution in [0, 0.1) is 10.9 Å². The number of likely N-dealkylation sites (tertiary alicyclic amines) is 1. The number of aliphatic hydroxyl groups excluding tert-OH is 1. The lowest BCUT2D eigenvalue weighted by atomic mass is 10.1. The Balaban J connectivity index is 2.11. The highest BCUT2D eigenvalue weighted by Crippen LogP contribution is 2.31. The Hall–Kier alpha value is -0.930. The third kappa shape index (κ3) is 3.64. The van der Waals surface area contributed by atoms with Crippen LogP contribution in [0.3, 0.4) is 0 Å². The largest absolute Gasteiger partial charge is 0.416 e. The van der Waals surface area contributed by atoms with E-state index in [0.717, 1.165) is 15.5 Å². The van der Waals surface area contributed by atoms with Gasteiger partial charge in [0.15, 0.2) is 10.1 Å². The Bertz CT molecular complexity index is 582. The highest BCUT2D eigenvalue weighted by atomic mass is 32.1. The Kier molecular flexibility index (Phi) is 4.74. The van der Waals surface area contributed by atoms with Gasteiger partial charge in [0.05, 0.1) is 12.5 Å². The van der Waals surface area contributed by atoms with Crippen molar-refractivity contribution in [2.75, 3.05) is 6.54 Å². The van der Waals surface area contributed by atoms with Crippen molar-refractivity contribution < 1.29 is 23.1 Å². The van der Waals surface area contributed by atoms with Gasteiger partial charge in [0.1, 0.15) is 0 Å². The number of amides is 1. The van der Waals surface area contributed by atoms with Crippen LogP contribution in [0.15, 0.2) is 0 Å². The lowest BCUT2D eigenvalue weighted by Crippen LogP contribution is -2.49. The number of halogens is 3. The molecule has 1 aliphatic heterocycles. The van der Waals surface area contributed by atoms with Crippen molar-refractivity contribution in [2.24, 2.45) is 0 Å². The second-order valence-corrected chi connectivity index (χ2v) is 6.79. The quantitative estimate of drug-likeness (QED) is 0.832. The summed E-state index contributed by atoms with van der Waals surface area (Å²) in [7, 11) is 0. The Morgan fingerprint density at radius 3 is 2.81 bits per heavy atom. The number of thiazole rings is 1. The molecule has 0 radical (unpaired) electrons. The minimum absolute atomic E-state index is 0.00468. The van der Waals surface area contributed by atoms with E-state index in [1.54, 1.807) is 6.92 Å². The molecule has 118 valence electrons. The van der Waals surface area contributed by atoms with E-state index in [1.807, 2.05) is 0 Å². The summed E-state index contributed by atoms with van der Waals surface area (Å²) in [6, 6.07) is -1.19. The van der Waals surface area contributed by atoms with Gasteiger partial charge >= 0.3 is 6.18 Å². The van der Waals surface area contributed by atoms with Gasteiger partial charge in [-0.05, 0) is 32.0 Å². The number of aryl methyl sites for hydroxylation is 1. The minimum Gasteiger partial charge on any atom is -0.382 e. The number of hydrogen-bond acceptors (Lipinski definition) is 4. The average Bonchev–Trinajstić information content (AvgIpc) is 2.94. The van der Waals surface area contributed by atoms with E-state index < -0.39 is 24.2 Å². The predicted octanol–water partition coefficient (Wildman–Crippen LogP) is 2.57. The number of H-pyrrole nitrogens is 1. The van der Waals surface area contributed by atoms with Gasteiger partial charge < -0.3 is 15.0 Å². The third-order valence-electron chi connectivity index (χ3n) is 3.55. The third-order valence-corrected chi connectivity index (χ3v) is 4.89. The maximum atomic E-state index is 12.6. The molecular formula is C12H15F3N2O2S2. The number of carbonyl (C=O) groups is 1. The van der Waals surface area contributed by atoms with E-state index in [1.165, 1.54) is 11.3 Å². The first-order chi connectivity index (χ1) is 9.70. The molecule has 1 fully saturated rings. The summed E-state index contributed by atoms with van der Waals surface area (Å²) >= 11 is 6.21. The number of aromatic amines is 1. The van der Waals surface area contributed by atoms with Crippen LogP contribution < -0.4 is 0 Å². The lowest BCUT2D eigenvalue weighted by Gasteiger charge is -2.29. The molecule has 1 aromatic rings. The van der Waals surface area contributed by atoms with Gasteiger partial charge in [-0.1, -0.05) is 0 Å². The smallest absolute Gasteiger partial charge is 0.382 e. The van der Waals surface area contributed by atoms with Crippen LogP contribution in [-0.2, 0) is 11.2 Å². The topological polar surface area (TPSA) is 56.3 Å². The molecule has 1 aliphatic rings. The fourth-order valence-corrected chi connectivity index (χ4v) is 3.78. The summed E-state index contributed by atoms with van der Waals surface area (Å²) in [5.74, 6) is -0.408. The minimum atomic E-state index is -4.71. The fourth-order valence-electron chi connectivity index (χ4n) is 2.49. The molecule has 4 nitrogen and oxygen atoms in total. The summed E-state index contributed by atoms with van der Waals surface area (Å²) in [5.41, 5.74) is 0.755. The van der Waals surface area contributed by atoms with E-state index in [-0.39, 0.29) is 19.4 Å². The van der Waals surface area contributed by atoms with Gasteiger partial charge in [0, 0.05) is 17.1 Å². The standard InChI is InChI=1S/C12H15F3N2O2S2/c1-6-8(21-11(20)16-6)5-9(18)17-4-2-3-7(17)10(19)12(13,14)15/h7,10,19H,2-5H2,1H3,(H,16,20)/t7-,10+/m1/s1. The molecule has 1 saturated heterocycles. The monoisotopic (exact) mass is 340 g/mol. The summed E-state index contributed by atoms with van der Waals surface area (Å²) in [4.78, 5) is 17.0. The first-order valence-corrected chi connectivity index (χ1v) is 7.65. The Morgan fingerprint density at radius 2 is 2.29 bits per heavy atom. The first-order valence-electron chi connectivity index (χ1n) is 6.43. The molecule has 2 N–H and O–H groups in total. The van der Waals surface area contributed by atoms with E-state index in [4.69, 9.17) is 12.2 Å². The van der Waals surface area contributed by atoms with Crippen LogP contribution in [0.5, 0.6) is 0 Å². The molecule has 0 bridgehead atoms. The Morgan fingerprint density at radius 1 is 1.62 bits per heavy atom. The molecule has 1 amide bonds. The van der Waals surface area contributed by atoms with Gasteiger partial charge in [-0.15, -0.1) is 11.3 Å². The summed E-state index contributed by atoms with van der Waals surface area (Å²) < 4.78 is 38.4. The van der Waals surface area contributed by atoms with E-state index >= 15 is 0 Å². The number of alkyl halides is 3. The molecule has 0 aliphatic carbocycles. The van der Waals surface area contributed by atoms with Crippen molar-refractivity contribution in [1.29, 1.82) is 0 Å². The van der Waals surface area contributed by atoms with Gasteiger partial charge in [0.2, 0.25) is 5.91 Å². The van der Waals surface area contributed by atoms with Crippen LogP contribution in [0.2, 0.25) is 0 Å². The number of aliphatic hydroxyl groups is 1. The van der Waals surface area contributed by atoms with Crippen LogP contribution >= 0.6 is 23.6 Å². The SMILES string of the molecule is Cc1[nH]c(=S)sc1CC(=O)N1CCC[C@@H]1[C@H](O)C(F)(F)F. The lowest BCUT2D eigenvalue weighted by molar-refractivity contribution is -0.219. The van der Waals surface area contributed by atoms with Crippen LogP contribution in [0.4, 0.5) is 13.2 Å². The zero-order valence-electron chi connectivity index (χ0n) is 11.2. The molecule has 0 unspecified atom stereocenters. The van der Waals surface area contributed by atoms with Gasteiger partial charge in [-0.3, -0.25) is 4.79 Å². The number of aromatic nitrogens is 1. The molecule has 1 aromatic heterocycles. The number of hydrogen-bond donors (Lipinski definition) is 2. The van der Waals surface area contributed by atoms with Crippen molar-refractivity contribution in [2.45, 2.75) is 44.5 Å². The van der Waals surface area contributed by atoms with Crippen molar-refractivity contribution in [1.82, 2.24) is 9.88 Å². The van der Waals surface area contributed by atoms with Crippen molar-refractivity contribution in [3.05, 3.63) is 14.5 Å². The average molecular weight is 340 g/mol. The number of rotatable bonds is 3. The number of carbonyl (C=O) groups excluding carboxylic acids is 1. The second kappa shape index (κ2) is 6.05. The summed E-state index contributed by atoms with van der Waals surface area (Å²) in [6.45, 7) is 2.01. The molecule has 2 heterocycles. The molecule has 2 atom stereocenters. The highest BCUT2D eigenvalue weighted by molar-refractivity contribution is 7.73. The van der Waals surface area contributed by atoms with Crippen LogP contribution in [0.25, 0.3) is 0 Å². The van der Waals surface area contributed by atoms with Crippen molar-refractivity contribution in [3.8, 4) is 0 Å². The molecule has 2 rings (SSSR count). The molecule has 21 heavy (non-hydrogen) atoms. The normalized spacial score (nSPS) is 20.8. The van der Waals surface area contributed by atoms with E-state index in [2.05, 4.69) is 4.98 Å². The predicted molar refractivity (Wildman–Crippen MR) is 74.7 cm³/mol. The fraction of sp³-hybridized carbons (Fsp3) is 0.667. The number of nitrogens with one attached hydrogen (secondary N) is 1. The van der Waals surface area contributed by atoms with Gasteiger partial charge in [-0.25, -0.2) is 0 Å². The zero-order chi connectivity index (χ0) is 15.8. The summed E-state index contributed by atoms with van der Waals surface area (Å²) in [6.07, 6.45) is -6.58.